The van der Waals surface area contributed by atoms with Gasteiger partial charge in [-0.15, -0.1) is 0 Å². The monoisotopic (exact) mass is 222 g/mol. The lowest BCUT2D eigenvalue weighted by atomic mass is 9.97. The van der Waals surface area contributed by atoms with E-state index in [2.05, 4.69) is 9.97 Å². The average Bonchev–Trinajstić information content (AvgIpc) is 2.30. The van der Waals surface area contributed by atoms with Crippen LogP contribution in [0.2, 0.25) is 0 Å². The highest BCUT2D eigenvalue weighted by Gasteiger charge is 2.14. The lowest BCUT2D eigenvalue weighted by Crippen LogP contribution is -2.23. The summed E-state index contributed by atoms with van der Waals surface area (Å²) in [6, 6.07) is 0. The first-order valence-corrected chi connectivity index (χ1v) is 5.91. The Bertz CT molecular complexity index is 412. The SMILES string of the molecule is COCCCc1nc2c(c(=O)[nH]1)CCCC2. The van der Waals surface area contributed by atoms with E-state index in [-0.39, 0.29) is 5.56 Å². The van der Waals surface area contributed by atoms with E-state index < -0.39 is 0 Å². The maximum atomic E-state index is 11.8. The van der Waals surface area contributed by atoms with Crippen LogP contribution in [0.1, 0.15) is 36.3 Å². The summed E-state index contributed by atoms with van der Waals surface area (Å²) in [4.78, 5) is 19.2. The molecule has 0 fully saturated rings. The zero-order valence-corrected chi connectivity index (χ0v) is 9.71. The second-order valence-electron chi connectivity index (χ2n) is 4.24. The van der Waals surface area contributed by atoms with Crippen LogP contribution in [0.25, 0.3) is 0 Å². The van der Waals surface area contributed by atoms with Crippen LogP contribution in [-0.4, -0.2) is 23.7 Å². The number of H-pyrrole nitrogens is 1. The van der Waals surface area contributed by atoms with Gasteiger partial charge in [-0.25, -0.2) is 4.98 Å². The van der Waals surface area contributed by atoms with Crippen molar-refractivity contribution in [1.82, 2.24) is 9.97 Å². The van der Waals surface area contributed by atoms with Crippen molar-refractivity contribution in [3.05, 3.63) is 27.4 Å². The molecule has 4 nitrogen and oxygen atoms in total. The van der Waals surface area contributed by atoms with Crippen molar-refractivity contribution < 1.29 is 4.74 Å². The maximum Gasteiger partial charge on any atom is 0.254 e. The third-order valence-electron chi connectivity index (χ3n) is 3.00. The highest BCUT2D eigenvalue weighted by molar-refractivity contribution is 5.20. The Balaban J connectivity index is 2.15. The lowest BCUT2D eigenvalue weighted by molar-refractivity contribution is 0.194. The molecule has 0 radical (unpaired) electrons. The normalized spacial score (nSPS) is 14.8. The number of hydrogen-bond acceptors (Lipinski definition) is 3. The second-order valence-corrected chi connectivity index (χ2v) is 4.24. The highest BCUT2D eigenvalue weighted by Crippen LogP contribution is 2.15. The summed E-state index contributed by atoms with van der Waals surface area (Å²) in [6.07, 6.45) is 5.79. The zero-order valence-electron chi connectivity index (χ0n) is 9.71. The molecule has 16 heavy (non-hydrogen) atoms. The first-order valence-electron chi connectivity index (χ1n) is 5.91. The van der Waals surface area contributed by atoms with Crippen molar-refractivity contribution in [2.45, 2.75) is 38.5 Å². The van der Waals surface area contributed by atoms with Gasteiger partial charge in [0.05, 0.1) is 5.69 Å². The molecule has 0 amide bonds. The molecule has 0 saturated carbocycles. The van der Waals surface area contributed by atoms with Crippen molar-refractivity contribution in [2.75, 3.05) is 13.7 Å². The predicted molar refractivity (Wildman–Crippen MR) is 61.7 cm³/mol. The number of aromatic nitrogens is 2. The van der Waals surface area contributed by atoms with Gasteiger partial charge < -0.3 is 9.72 Å². The molecule has 0 unspecified atom stereocenters. The van der Waals surface area contributed by atoms with Crippen molar-refractivity contribution in [2.24, 2.45) is 0 Å². The number of methoxy groups -OCH3 is 1. The molecular weight excluding hydrogens is 204 g/mol. The van der Waals surface area contributed by atoms with E-state index >= 15 is 0 Å². The molecule has 1 heterocycles. The molecule has 0 bridgehead atoms. The topological polar surface area (TPSA) is 55.0 Å². The minimum atomic E-state index is 0.0668. The van der Waals surface area contributed by atoms with Gasteiger partial charge in [0.1, 0.15) is 5.82 Å². The van der Waals surface area contributed by atoms with Crippen molar-refractivity contribution in [3.63, 3.8) is 0 Å². The fourth-order valence-electron chi connectivity index (χ4n) is 2.16. The summed E-state index contributed by atoms with van der Waals surface area (Å²) in [5.74, 6) is 0.808. The largest absolute Gasteiger partial charge is 0.385 e. The van der Waals surface area contributed by atoms with Crippen LogP contribution in [0.5, 0.6) is 0 Å². The van der Waals surface area contributed by atoms with Crippen LogP contribution in [0.3, 0.4) is 0 Å². The van der Waals surface area contributed by atoms with Crippen LogP contribution < -0.4 is 5.56 Å². The fraction of sp³-hybridized carbons (Fsp3) is 0.667. The molecule has 0 spiro atoms. The maximum absolute atomic E-state index is 11.8. The zero-order chi connectivity index (χ0) is 11.4. The Morgan fingerprint density at radius 2 is 2.19 bits per heavy atom. The Morgan fingerprint density at radius 3 is 3.00 bits per heavy atom. The average molecular weight is 222 g/mol. The molecule has 0 atom stereocenters. The van der Waals surface area contributed by atoms with Gasteiger partial charge in [0.15, 0.2) is 0 Å². The molecular formula is C12H18N2O2. The Labute approximate surface area is 95.1 Å². The molecule has 1 N–H and O–H groups in total. The summed E-state index contributed by atoms with van der Waals surface area (Å²) in [5.41, 5.74) is 1.99. The summed E-state index contributed by atoms with van der Waals surface area (Å²) in [6.45, 7) is 0.709. The van der Waals surface area contributed by atoms with Crippen LogP contribution in [0.15, 0.2) is 4.79 Å². The molecule has 1 aromatic rings. The van der Waals surface area contributed by atoms with Gasteiger partial charge in [0, 0.05) is 25.7 Å². The third-order valence-corrected chi connectivity index (χ3v) is 3.00. The first kappa shape index (κ1) is 11.3. The van der Waals surface area contributed by atoms with Crippen molar-refractivity contribution >= 4 is 0 Å². The third kappa shape index (κ3) is 2.50. The van der Waals surface area contributed by atoms with Gasteiger partial charge in [-0.3, -0.25) is 4.79 Å². The summed E-state index contributed by atoms with van der Waals surface area (Å²) < 4.78 is 4.99. The second kappa shape index (κ2) is 5.25. The van der Waals surface area contributed by atoms with Crippen molar-refractivity contribution in [1.29, 1.82) is 0 Å². The summed E-state index contributed by atoms with van der Waals surface area (Å²) in [5, 5.41) is 0. The molecule has 0 saturated heterocycles. The minimum absolute atomic E-state index is 0.0668. The lowest BCUT2D eigenvalue weighted by Gasteiger charge is -2.14. The molecule has 0 aliphatic heterocycles. The van der Waals surface area contributed by atoms with E-state index in [1.165, 1.54) is 0 Å². The number of nitrogens with zero attached hydrogens (tertiary/aromatic N) is 1. The number of nitrogens with one attached hydrogen (secondary N) is 1. The van der Waals surface area contributed by atoms with Gasteiger partial charge in [-0.1, -0.05) is 0 Å². The number of hydrogen-bond donors (Lipinski definition) is 1. The molecule has 1 aliphatic carbocycles. The van der Waals surface area contributed by atoms with Gasteiger partial charge in [-0.05, 0) is 32.1 Å². The smallest absolute Gasteiger partial charge is 0.254 e. The van der Waals surface area contributed by atoms with Crippen LogP contribution in [0, 0.1) is 0 Å². The van der Waals surface area contributed by atoms with E-state index in [1.54, 1.807) is 7.11 Å². The molecule has 1 aromatic heterocycles. The minimum Gasteiger partial charge on any atom is -0.385 e. The Hall–Kier alpha value is -1.16. The van der Waals surface area contributed by atoms with Gasteiger partial charge in [-0.2, -0.15) is 0 Å². The highest BCUT2D eigenvalue weighted by atomic mass is 16.5. The first-order chi connectivity index (χ1) is 7.81. The standard InChI is InChI=1S/C12H18N2O2/c1-16-8-4-7-11-13-10-6-3-2-5-9(10)12(15)14-11/h2-8H2,1H3,(H,13,14,15). The van der Waals surface area contributed by atoms with E-state index in [4.69, 9.17) is 4.74 Å². The quantitative estimate of drug-likeness (QED) is 0.779. The molecule has 2 rings (SSSR count). The Morgan fingerprint density at radius 1 is 1.38 bits per heavy atom. The predicted octanol–water partition coefficient (Wildman–Crippen LogP) is 1.23. The van der Waals surface area contributed by atoms with Gasteiger partial charge in [0.2, 0.25) is 0 Å². The van der Waals surface area contributed by atoms with Crippen molar-refractivity contribution in [3.8, 4) is 0 Å². The van der Waals surface area contributed by atoms with E-state index in [9.17, 15) is 4.79 Å². The summed E-state index contributed by atoms with van der Waals surface area (Å²) >= 11 is 0. The number of aryl methyl sites for hydroxylation is 2. The van der Waals surface area contributed by atoms with Crippen LogP contribution in [0.4, 0.5) is 0 Å². The number of ether oxygens (including phenoxy) is 1. The van der Waals surface area contributed by atoms with Crippen LogP contribution in [-0.2, 0) is 24.0 Å². The van der Waals surface area contributed by atoms with Gasteiger partial charge in [0.25, 0.3) is 5.56 Å². The molecule has 0 aromatic carbocycles. The van der Waals surface area contributed by atoms with E-state index in [0.29, 0.717) is 6.61 Å². The number of rotatable bonds is 4. The molecule has 1 aliphatic rings. The van der Waals surface area contributed by atoms with E-state index in [0.717, 1.165) is 55.6 Å². The molecule has 4 heteroatoms. The fourth-order valence-corrected chi connectivity index (χ4v) is 2.16. The van der Waals surface area contributed by atoms with Crippen LogP contribution >= 0.6 is 0 Å². The molecule has 88 valence electrons. The number of fused-ring (bicyclic) bond motifs is 1. The summed E-state index contributed by atoms with van der Waals surface area (Å²) in [7, 11) is 1.68. The van der Waals surface area contributed by atoms with E-state index in [1.807, 2.05) is 0 Å². The Kier molecular flexibility index (Phi) is 3.72. The van der Waals surface area contributed by atoms with Gasteiger partial charge >= 0.3 is 0 Å². The number of aromatic amines is 1.